The molecule has 4 rings (SSSR count). The Morgan fingerprint density at radius 2 is 2.19 bits per heavy atom. The third kappa shape index (κ3) is 3.31. The molecule has 1 N–H and O–H groups in total. The molecular formula is C18H18N6O2. The van der Waals surface area contributed by atoms with Crippen LogP contribution in [0.2, 0.25) is 0 Å². The van der Waals surface area contributed by atoms with E-state index in [1.165, 1.54) is 0 Å². The minimum Gasteiger partial charge on any atom is -0.347 e. The normalized spacial score (nSPS) is 20.2. The Morgan fingerprint density at radius 3 is 2.96 bits per heavy atom. The van der Waals surface area contributed by atoms with Gasteiger partial charge >= 0.3 is 0 Å². The Kier molecular flexibility index (Phi) is 4.40. The van der Waals surface area contributed by atoms with Crippen molar-refractivity contribution in [2.45, 2.75) is 18.5 Å². The maximum Gasteiger partial charge on any atom is 0.270 e. The van der Waals surface area contributed by atoms with E-state index in [1.807, 2.05) is 19.2 Å². The van der Waals surface area contributed by atoms with Crippen LogP contribution in [0.5, 0.6) is 0 Å². The first kappa shape index (κ1) is 16.3. The van der Waals surface area contributed by atoms with Gasteiger partial charge in [0.2, 0.25) is 11.7 Å². The fourth-order valence-electron chi connectivity index (χ4n) is 3.13. The molecule has 1 aliphatic heterocycles. The van der Waals surface area contributed by atoms with E-state index >= 15 is 0 Å². The number of rotatable bonds is 4. The van der Waals surface area contributed by atoms with Crippen LogP contribution in [-0.4, -0.2) is 50.5 Å². The first-order valence-electron chi connectivity index (χ1n) is 8.37. The number of pyridine rings is 2. The minimum absolute atomic E-state index is 0.00625. The van der Waals surface area contributed by atoms with E-state index < -0.39 is 0 Å². The number of hydrogen-bond donors (Lipinski definition) is 1. The van der Waals surface area contributed by atoms with Gasteiger partial charge in [-0.1, -0.05) is 11.2 Å². The molecule has 0 radical (unpaired) electrons. The summed E-state index contributed by atoms with van der Waals surface area (Å²) < 4.78 is 5.46. The van der Waals surface area contributed by atoms with Crippen LogP contribution in [0.1, 0.15) is 28.8 Å². The zero-order chi connectivity index (χ0) is 17.9. The van der Waals surface area contributed by atoms with Gasteiger partial charge < -0.3 is 9.84 Å². The fraction of sp³-hybridized carbons (Fsp3) is 0.278. The number of likely N-dealkylation sites (tertiary alicyclic amines) is 1. The molecule has 3 aromatic heterocycles. The second kappa shape index (κ2) is 7.01. The number of carbonyl (C=O) groups is 1. The van der Waals surface area contributed by atoms with Gasteiger partial charge in [0.05, 0.1) is 6.04 Å². The van der Waals surface area contributed by atoms with Crippen molar-refractivity contribution in [2.75, 3.05) is 13.6 Å². The fourth-order valence-corrected chi connectivity index (χ4v) is 3.13. The van der Waals surface area contributed by atoms with Gasteiger partial charge in [0.1, 0.15) is 5.69 Å². The first-order chi connectivity index (χ1) is 12.7. The van der Waals surface area contributed by atoms with Crippen LogP contribution in [0.3, 0.4) is 0 Å². The predicted molar refractivity (Wildman–Crippen MR) is 93.0 cm³/mol. The van der Waals surface area contributed by atoms with Crippen molar-refractivity contribution < 1.29 is 9.32 Å². The number of amides is 1. The summed E-state index contributed by atoms with van der Waals surface area (Å²) in [5.74, 6) is 0.884. The largest absolute Gasteiger partial charge is 0.347 e. The van der Waals surface area contributed by atoms with Crippen LogP contribution < -0.4 is 5.32 Å². The summed E-state index contributed by atoms with van der Waals surface area (Å²) in [7, 11) is 1.98. The van der Waals surface area contributed by atoms with E-state index in [0.29, 0.717) is 30.4 Å². The molecule has 4 heterocycles. The quantitative estimate of drug-likeness (QED) is 0.765. The summed E-state index contributed by atoms with van der Waals surface area (Å²) in [5, 5.41) is 7.07. The van der Waals surface area contributed by atoms with Gasteiger partial charge in [0, 0.05) is 36.7 Å². The van der Waals surface area contributed by atoms with Crippen molar-refractivity contribution in [3.63, 3.8) is 0 Å². The monoisotopic (exact) mass is 350 g/mol. The van der Waals surface area contributed by atoms with Gasteiger partial charge in [-0.15, -0.1) is 0 Å². The van der Waals surface area contributed by atoms with Gasteiger partial charge in [0.25, 0.3) is 5.91 Å². The van der Waals surface area contributed by atoms with Crippen LogP contribution in [0, 0.1) is 0 Å². The zero-order valence-electron chi connectivity index (χ0n) is 14.2. The molecule has 26 heavy (non-hydrogen) atoms. The Hall–Kier alpha value is -3.13. The van der Waals surface area contributed by atoms with Gasteiger partial charge in [-0.2, -0.15) is 4.98 Å². The number of nitrogens with one attached hydrogen (secondary N) is 1. The topological polar surface area (TPSA) is 97.0 Å². The van der Waals surface area contributed by atoms with Gasteiger partial charge in [-0.05, 0) is 37.7 Å². The van der Waals surface area contributed by atoms with Crippen LogP contribution in [0.4, 0.5) is 0 Å². The molecule has 0 bridgehead atoms. The molecule has 132 valence electrons. The third-order valence-corrected chi connectivity index (χ3v) is 4.43. The van der Waals surface area contributed by atoms with Gasteiger partial charge in [0.15, 0.2) is 0 Å². The Balaban J connectivity index is 1.44. The standard InChI is InChI=1S/C18H18N6O2/c1-24-11-13(21-17(25)14-6-2-3-8-20-14)9-15(24)18-22-16(23-26-18)12-5-4-7-19-10-12/h2-8,10,13,15H,9,11H2,1H3,(H,21,25)/t13-,15-/m0/s1. The summed E-state index contributed by atoms with van der Waals surface area (Å²) in [4.78, 5) is 27.0. The van der Waals surface area contributed by atoms with Gasteiger partial charge in [-0.25, -0.2) is 0 Å². The molecule has 3 aromatic rings. The predicted octanol–water partition coefficient (Wildman–Crippen LogP) is 1.70. The van der Waals surface area contributed by atoms with Crippen molar-refractivity contribution >= 4 is 5.91 Å². The molecule has 0 aliphatic carbocycles. The maximum absolute atomic E-state index is 12.3. The average molecular weight is 350 g/mol. The molecule has 1 saturated heterocycles. The molecule has 0 aromatic carbocycles. The summed E-state index contributed by atoms with van der Waals surface area (Å²) in [5.41, 5.74) is 1.22. The SMILES string of the molecule is CN1C[C@@H](NC(=O)c2ccccn2)C[C@H]1c1nc(-c2cccnc2)no1. The summed E-state index contributed by atoms with van der Waals surface area (Å²) in [6, 6.07) is 8.95. The van der Waals surface area contributed by atoms with Gasteiger partial charge in [-0.3, -0.25) is 19.7 Å². The molecule has 0 unspecified atom stereocenters. The van der Waals surface area contributed by atoms with Crippen molar-refractivity contribution in [1.29, 1.82) is 0 Å². The van der Waals surface area contributed by atoms with Crippen molar-refractivity contribution in [3.05, 3.63) is 60.5 Å². The van der Waals surface area contributed by atoms with E-state index in [4.69, 9.17) is 4.52 Å². The number of aromatic nitrogens is 4. The number of carbonyl (C=O) groups excluding carboxylic acids is 1. The van der Waals surface area contributed by atoms with E-state index in [1.54, 1.807) is 36.8 Å². The van der Waals surface area contributed by atoms with Crippen LogP contribution in [-0.2, 0) is 0 Å². The highest BCUT2D eigenvalue weighted by Crippen LogP contribution is 2.30. The Bertz CT molecular complexity index is 883. The highest BCUT2D eigenvalue weighted by molar-refractivity contribution is 5.92. The van der Waals surface area contributed by atoms with Crippen LogP contribution in [0.15, 0.2) is 53.4 Å². The molecule has 8 nitrogen and oxygen atoms in total. The minimum atomic E-state index is -0.175. The number of nitrogens with zero attached hydrogens (tertiary/aromatic N) is 5. The van der Waals surface area contributed by atoms with E-state index in [-0.39, 0.29) is 18.0 Å². The van der Waals surface area contributed by atoms with Crippen molar-refractivity contribution in [3.8, 4) is 11.4 Å². The third-order valence-electron chi connectivity index (χ3n) is 4.43. The molecule has 0 saturated carbocycles. The Labute approximate surface area is 150 Å². The maximum atomic E-state index is 12.3. The Morgan fingerprint density at radius 1 is 1.27 bits per heavy atom. The molecular weight excluding hydrogens is 332 g/mol. The highest BCUT2D eigenvalue weighted by Gasteiger charge is 2.35. The average Bonchev–Trinajstić information content (AvgIpc) is 3.30. The summed E-state index contributed by atoms with van der Waals surface area (Å²) in [6.07, 6.45) is 5.70. The smallest absolute Gasteiger partial charge is 0.270 e. The van der Waals surface area contributed by atoms with E-state index in [2.05, 4.69) is 30.3 Å². The lowest BCUT2D eigenvalue weighted by Crippen LogP contribution is -2.36. The zero-order valence-corrected chi connectivity index (χ0v) is 14.2. The lowest BCUT2D eigenvalue weighted by molar-refractivity contribution is 0.0933. The first-order valence-corrected chi connectivity index (χ1v) is 8.37. The number of hydrogen-bond acceptors (Lipinski definition) is 7. The molecule has 8 heteroatoms. The second-order valence-electron chi connectivity index (χ2n) is 6.27. The van der Waals surface area contributed by atoms with E-state index in [0.717, 1.165) is 5.56 Å². The molecule has 1 amide bonds. The molecule has 2 atom stereocenters. The van der Waals surface area contributed by atoms with E-state index in [9.17, 15) is 4.79 Å². The second-order valence-corrected chi connectivity index (χ2v) is 6.27. The molecule has 1 aliphatic rings. The molecule has 0 spiro atoms. The molecule has 1 fully saturated rings. The van der Waals surface area contributed by atoms with Crippen LogP contribution in [0.25, 0.3) is 11.4 Å². The number of likely N-dealkylation sites (N-methyl/N-ethyl adjacent to an activating group) is 1. The van der Waals surface area contributed by atoms with Crippen molar-refractivity contribution in [2.24, 2.45) is 0 Å². The highest BCUT2D eigenvalue weighted by atomic mass is 16.5. The van der Waals surface area contributed by atoms with Crippen LogP contribution >= 0.6 is 0 Å². The summed E-state index contributed by atoms with van der Waals surface area (Å²) in [6.45, 7) is 0.702. The lowest BCUT2D eigenvalue weighted by atomic mass is 10.1. The summed E-state index contributed by atoms with van der Waals surface area (Å²) >= 11 is 0. The lowest BCUT2D eigenvalue weighted by Gasteiger charge is -2.14. The van der Waals surface area contributed by atoms with Crippen molar-refractivity contribution in [1.82, 2.24) is 30.3 Å².